The van der Waals surface area contributed by atoms with E-state index in [9.17, 15) is 0 Å². The van der Waals surface area contributed by atoms with Gasteiger partial charge in [0.1, 0.15) is 0 Å². The third kappa shape index (κ3) is 2.71. The van der Waals surface area contributed by atoms with Crippen LogP contribution in [0.25, 0.3) is 5.69 Å². The third-order valence-electron chi connectivity index (χ3n) is 3.62. The Labute approximate surface area is 115 Å². The molecule has 0 amide bonds. The molecule has 0 aliphatic rings. The normalized spacial score (nSPS) is 12.7. The van der Waals surface area contributed by atoms with E-state index in [1.54, 1.807) is 0 Å². The third-order valence-corrected chi connectivity index (χ3v) is 3.62. The average Bonchev–Trinajstić information content (AvgIpc) is 2.74. The highest BCUT2D eigenvalue weighted by molar-refractivity contribution is 5.44. The topological polar surface area (TPSA) is 29.9 Å². The van der Waals surface area contributed by atoms with Gasteiger partial charge in [-0.1, -0.05) is 19.1 Å². The highest BCUT2D eigenvalue weighted by Gasteiger charge is 2.14. The Hall–Kier alpha value is -1.61. The first-order valence-corrected chi connectivity index (χ1v) is 6.90. The van der Waals surface area contributed by atoms with Crippen LogP contribution in [0.3, 0.4) is 0 Å². The smallest absolute Gasteiger partial charge is 0.0680 e. The summed E-state index contributed by atoms with van der Waals surface area (Å²) in [6.07, 6.45) is 1.98. The summed E-state index contributed by atoms with van der Waals surface area (Å²) in [4.78, 5) is 0. The van der Waals surface area contributed by atoms with Crippen molar-refractivity contribution in [3.8, 4) is 5.69 Å². The Bertz CT molecular complexity index is 569. The zero-order valence-corrected chi connectivity index (χ0v) is 12.5. The van der Waals surface area contributed by atoms with Gasteiger partial charge in [-0.05, 0) is 51.4 Å². The minimum Gasteiger partial charge on any atom is -0.310 e. The molecule has 0 aliphatic carbocycles. The number of rotatable bonds is 4. The van der Waals surface area contributed by atoms with Crippen molar-refractivity contribution in [3.63, 3.8) is 0 Å². The first kappa shape index (κ1) is 13.8. The number of benzene rings is 1. The molecule has 102 valence electrons. The van der Waals surface area contributed by atoms with Crippen LogP contribution in [0.5, 0.6) is 0 Å². The van der Waals surface area contributed by atoms with E-state index in [0.29, 0.717) is 6.04 Å². The predicted octanol–water partition coefficient (Wildman–Crippen LogP) is 3.47. The molecule has 0 saturated heterocycles. The van der Waals surface area contributed by atoms with Crippen LogP contribution in [0.1, 0.15) is 42.3 Å². The molecule has 1 atom stereocenters. The minimum atomic E-state index is 0.337. The maximum Gasteiger partial charge on any atom is 0.0680 e. The molecule has 0 fully saturated rings. The van der Waals surface area contributed by atoms with E-state index in [1.165, 1.54) is 28.1 Å². The summed E-state index contributed by atoms with van der Waals surface area (Å²) < 4.78 is 2.05. The largest absolute Gasteiger partial charge is 0.310 e. The highest BCUT2D eigenvalue weighted by Crippen LogP contribution is 2.22. The zero-order valence-electron chi connectivity index (χ0n) is 12.5. The second-order valence-electron chi connectivity index (χ2n) is 5.17. The van der Waals surface area contributed by atoms with Gasteiger partial charge in [0.25, 0.3) is 0 Å². The fourth-order valence-electron chi connectivity index (χ4n) is 2.45. The van der Waals surface area contributed by atoms with Gasteiger partial charge in [0, 0.05) is 17.3 Å². The molecular formula is C16H23N3. The standard InChI is InChI=1S/C16H23N3/c1-6-17-13(4)15-10-18-19(14(15)5)16-9-11(2)7-8-12(16)3/h7-10,13,17H,6H2,1-5H3. The summed E-state index contributed by atoms with van der Waals surface area (Å²) in [6, 6.07) is 6.82. The van der Waals surface area contributed by atoms with Gasteiger partial charge < -0.3 is 5.32 Å². The first-order chi connectivity index (χ1) is 9.04. The molecule has 1 heterocycles. The van der Waals surface area contributed by atoms with Crippen molar-refractivity contribution in [3.05, 3.63) is 46.8 Å². The molecule has 1 aromatic heterocycles. The van der Waals surface area contributed by atoms with Crippen molar-refractivity contribution < 1.29 is 0 Å². The molecular weight excluding hydrogens is 234 g/mol. The molecule has 2 aromatic rings. The molecule has 0 radical (unpaired) electrons. The summed E-state index contributed by atoms with van der Waals surface area (Å²) in [7, 11) is 0. The van der Waals surface area contributed by atoms with Gasteiger partial charge >= 0.3 is 0 Å². The number of aryl methyl sites for hydroxylation is 2. The maximum atomic E-state index is 4.57. The first-order valence-electron chi connectivity index (χ1n) is 6.90. The molecule has 2 rings (SSSR count). The number of hydrogen-bond donors (Lipinski definition) is 1. The summed E-state index contributed by atoms with van der Waals surface area (Å²) in [5, 5.41) is 8.01. The van der Waals surface area contributed by atoms with E-state index in [0.717, 1.165) is 6.54 Å². The molecule has 0 saturated carbocycles. The van der Waals surface area contributed by atoms with Crippen LogP contribution in [-0.2, 0) is 0 Å². The van der Waals surface area contributed by atoms with Gasteiger partial charge in [0.05, 0.1) is 11.9 Å². The summed E-state index contributed by atoms with van der Waals surface area (Å²) in [5.74, 6) is 0. The van der Waals surface area contributed by atoms with Gasteiger partial charge in [0.2, 0.25) is 0 Å². The predicted molar refractivity (Wildman–Crippen MR) is 79.9 cm³/mol. The fourth-order valence-corrected chi connectivity index (χ4v) is 2.45. The summed E-state index contributed by atoms with van der Waals surface area (Å²) in [5.41, 5.74) is 6.16. The van der Waals surface area contributed by atoms with Gasteiger partial charge in [0.15, 0.2) is 0 Å². The van der Waals surface area contributed by atoms with E-state index in [-0.39, 0.29) is 0 Å². The lowest BCUT2D eigenvalue weighted by Gasteiger charge is -2.13. The van der Waals surface area contributed by atoms with Crippen LogP contribution in [0, 0.1) is 20.8 Å². The van der Waals surface area contributed by atoms with Crippen molar-refractivity contribution in [2.45, 2.75) is 40.7 Å². The highest BCUT2D eigenvalue weighted by atomic mass is 15.3. The monoisotopic (exact) mass is 257 g/mol. The lowest BCUT2D eigenvalue weighted by molar-refractivity contribution is 0.594. The molecule has 1 aromatic carbocycles. The molecule has 19 heavy (non-hydrogen) atoms. The van der Waals surface area contributed by atoms with E-state index < -0.39 is 0 Å². The van der Waals surface area contributed by atoms with Crippen LogP contribution in [-0.4, -0.2) is 16.3 Å². The van der Waals surface area contributed by atoms with E-state index in [1.807, 2.05) is 10.9 Å². The van der Waals surface area contributed by atoms with E-state index >= 15 is 0 Å². The quantitative estimate of drug-likeness (QED) is 0.909. The number of hydrogen-bond acceptors (Lipinski definition) is 2. The molecule has 0 spiro atoms. The second kappa shape index (κ2) is 5.57. The van der Waals surface area contributed by atoms with Crippen molar-refractivity contribution in [1.29, 1.82) is 0 Å². The Balaban J connectivity index is 2.44. The minimum absolute atomic E-state index is 0.337. The Morgan fingerprint density at radius 1 is 1.26 bits per heavy atom. The Morgan fingerprint density at radius 2 is 2.00 bits per heavy atom. The van der Waals surface area contributed by atoms with Gasteiger partial charge in [-0.2, -0.15) is 5.10 Å². The van der Waals surface area contributed by atoms with Crippen LogP contribution < -0.4 is 5.32 Å². The second-order valence-corrected chi connectivity index (χ2v) is 5.17. The summed E-state index contributed by atoms with van der Waals surface area (Å²) in [6.45, 7) is 11.7. The zero-order chi connectivity index (χ0) is 14.0. The van der Waals surface area contributed by atoms with Gasteiger partial charge in [-0.3, -0.25) is 0 Å². The number of nitrogens with zero attached hydrogens (tertiary/aromatic N) is 2. The van der Waals surface area contributed by atoms with Crippen LogP contribution >= 0.6 is 0 Å². The van der Waals surface area contributed by atoms with Crippen LogP contribution in [0.2, 0.25) is 0 Å². The van der Waals surface area contributed by atoms with Crippen LogP contribution in [0.4, 0.5) is 0 Å². The van der Waals surface area contributed by atoms with E-state index in [4.69, 9.17) is 0 Å². The Kier molecular flexibility index (Phi) is 4.05. The number of aromatic nitrogens is 2. The van der Waals surface area contributed by atoms with Crippen molar-refractivity contribution in [2.24, 2.45) is 0 Å². The maximum absolute atomic E-state index is 4.57. The van der Waals surface area contributed by atoms with Crippen molar-refractivity contribution >= 4 is 0 Å². The van der Waals surface area contributed by atoms with Gasteiger partial charge in [-0.25, -0.2) is 4.68 Å². The van der Waals surface area contributed by atoms with Crippen LogP contribution in [0.15, 0.2) is 24.4 Å². The van der Waals surface area contributed by atoms with Gasteiger partial charge in [-0.15, -0.1) is 0 Å². The Morgan fingerprint density at radius 3 is 2.68 bits per heavy atom. The fraction of sp³-hybridized carbons (Fsp3) is 0.438. The molecule has 3 heteroatoms. The van der Waals surface area contributed by atoms with Crippen molar-refractivity contribution in [2.75, 3.05) is 6.54 Å². The lowest BCUT2D eigenvalue weighted by Crippen LogP contribution is -2.18. The number of nitrogens with one attached hydrogen (secondary N) is 1. The van der Waals surface area contributed by atoms with E-state index in [2.05, 4.69) is 63.2 Å². The molecule has 1 N–H and O–H groups in total. The van der Waals surface area contributed by atoms with Crippen molar-refractivity contribution in [1.82, 2.24) is 15.1 Å². The molecule has 0 aliphatic heterocycles. The molecule has 1 unspecified atom stereocenters. The average molecular weight is 257 g/mol. The lowest BCUT2D eigenvalue weighted by atomic mass is 10.1. The molecule has 3 nitrogen and oxygen atoms in total. The SMILES string of the molecule is CCNC(C)c1cnn(-c2cc(C)ccc2C)c1C. The molecule has 0 bridgehead atoms. The summed E-state index contributed by atoms with van der Waals surface area (Å²) >= 11 is 0.